The van der Waals surface area contributed by atoms with Crippen LogP contribution in [0.4, 0.5) is 5.82 Å². The van der Waals surface area contributed by atoms with Crippen molar-refractivity contribution in [2.45, 2.75) is 20.8 Å². The summed E-state index contributed by atoms with van der Waals surface area (Å²) in [6.45, 7) is 5.49. The van der Waals surface area contributed by atoms with Gasteiger partial charge in [0.25, 0.3) is 0 Å². The molecule has 0 bridgehead atoms. The Balaban J connectivity index is 0.000000561. The molecule has 0 saturated carbocycles. The van der Waals surface area contributed by atoms with Gasteiger partial charge in [-0.25, -0.2) is 4.98 Å². The number of nitrogens with two attached hydrogens (primary N) is 1. The first kappa shape index (κ1) is 10.6. The fraction of sp³-hybridized carbons (Fsp3) is 0.333. The summed E-state index contributed by atoms with van der Waals surface area (Å²) in [6, 6.07) is 3.27. The van der Waals surface area contributed by atoms with E-state index in [-0.39, 0.29) is 5.78 Å². The normalized spacial score (nSPS) is 8.25. The number of anilines is 1. The monoisotopic (exact) mass is 166 g/mol. The van der Waals surface area contributed by atoms with E-state index in [0.29, 0.717) is 11.4 Å². The van der Waals surface area contributed by atoms with Gasteiger partial charge in [0, 0.05) is 11.8 Å². The Morgan fingerprint density at radius 3 is 2.33 bits per heavy atom. The van der Waals surface area contributed by atoms with Crippen molar-refractivity contribution in [3.63, 3.8) is 0 Å². The van der Waals surface area contributed by atoms with E-state index in [1.807, 2.05) is 13.8 Å². The van der Waals surface area contributed by atoms with Gasteiger partial charge in [-0.15, -0.1) is 0 Å². The summed E-state index contributed by atoms with van der Waals surface area (Å²) in [5, 5.41) is 0. The molecule has 0 aliphatic rings. The van der Waals surface area contributed by atoms with Gasteiger partial charge in [0.05, 0.1) is 0 Å². The van der Waals surface area contributed by atoms with Gasteiger partial charge in [0.2, 0.25) is 0 Å². The molecule has 0 fully saturated rings. The quantitative estimate of drug-likeness (QED) is 0.648. The zero-order valence-corrected chi connectivity index (χ0v) is 7.66. The summed E-state index contributed by atoms with van der Waals surface area (Å²) in [6.07, 6.45) is 1.47. The maximum Gasteiger partial charge on any atom is 0.161 e. The Labute approximate surface area is 72.6 Å². The maximum absolute atomic E-state index is 10.7. The van der Waals surface area contributed by atoms with E-state index in [0.717, 1.165) is 0 Å². The van der Waals surface area contributed by atoms with Crippen molar-refractivity contribution in [2.24, 2.45) is 0 Å². The second kappa shape index (κ2) is 5.29. The maximum atomic E-state index is 10.7. The van der Waals surface area contributed by atoms with Crippen LogP contribution in [0.1, 0.15) is 31.1 Å². The summed E-state index contributed by atoms with van der Waals surface area (Å²) in [7, 11) is 0. The number of carbonyl (C=O) groups is 1. The molecule has 0 amide bonds. The first-order chi connectivity index (χ1) is 5.70. The molecule has 0 radical (unpaired) electrons. The summed E-state index contributed by atoms with van der Waals surface area (Å²) < 4.78 is 0. The number of nitrogen functional groups attached to an aromatic ring is 1. The summed E-state index contributed by atoms with van der Waals surface area (Å²) in [5.74, 6) is 0.442. The Morgan fingerprint density at radius 1 is 1.42 bits per heavy atom. The lowest BCUT2D eigenvalue weighted by Crippen LogP contribution is -1.95. The highest BCUT2D eigenvalue weighted by molar-refractivity contribution is 5.93. The van der Waals surface area contributed by atoms with Crippen LogP contribution in [-0.4, -0.2) is 10.8 Å². The number of aromatic nitrogens is 1. The fourth-order valence-electron chi connectivity index (χ4n) is 0.614. The molecule has 3 heteroatoms. The third-order valence-corrected chi connectivity index (χ3v) is 1.19. The molecule has 12 heavy (non-hydrogen) atoms. The van der Waals surface area contributed by atoms with Crippen LogP contribution < -0.4 is 5.73 Å². The highest BCUT2D eigenvalue weighted by Gasteiger charge is 1.96. The molecule has 0 unspecified atom stereocenters. The van der Waals surface area contributed by atoms with Crippen molar-refractivity contribution in [1.82, 2.24) is 4.98 Å². The molecule has 66 valence electrons. The first-order valence-electron chi connectivity index (χ1n) is 3.92. The molecule has 0 aliphatic heterocycles. The van der Waals surface area contributed by atoms with E-state index in [2.05, 4.69) is 4.98 Å². The molecular weight excluding hydrogens is 152 g/mol. The molecule has 0 aromatic carbocycles. The van der Waals surface area contributed by atoms with E-state index in [1.165, 1.54) is 13.1 Å². The van der Waals surface area contributed by atoms with Crippen molar-refractivity contribution in [3.05, 3.63) is 23.9 Å². The van der Waals surface area contributed by atoms with Gasteiger partial charge in [0.1, 0.15) is 5.82 Å². The predicted octanol–water partition coefficient (Wildman–Crippen LogP) is 1.89. The molecule has 3 nitrogen and oxygen atoms in total. The standard InChI is InChI=1S/C7H8N2O.C2H6/c1-5(10)6-2-3-7(8)9-4-6;1-2/h2-4H,1H3,(H2,8,9);1-2H3. The number of pyridine rings is 1. The van der Waals surface area contributed by atoms with Crippen LogP contribution in [0, 0.1) is 0 Å². The summed E-state index contributed by atoms with van der Waals surface area (Å²) in [5.41, 5.74) is 5.90. The van der Waals surface area contributed by atoms with Crippen LogP contribution in [0.2, 0.25) is 0 Å². The number of ketones is 1. The molecule has 1 aromatic heterocycles. The minimum Gasteiger partial charge on any atom is -0.384 e. The lowest BCUT2D eigenvalue weighted by molar-refractivity contribution is 0.101. The van der Waals surface area contributed by atoms with Gasteiger partial charge in [0.15, 0.2) is 5.78 Å². The van der Waals surface area contributed by atoms with Crippen molar-refractivity contribution < 1.29 is 4.79 Å². The van der Waals surface area contributed by atoms with Crippen LogP contribution in [0.25, 0.3) is 0 Å². The largest absolute Gasteiger partial charge is 0.384 e. The molecule has 1 aromatic rings. The SMILES string of the molecule is CC.CC(=O)c1ccc(N)nc1. The molecule has 1 rings (SSSR count). The van der Waals surface area contributed by atoms with Crippen LogP contribution in [0.5, 0.6) is 0 Å². The van der Waals surface area contributed by atoms with E-state index in [4.69, 9.17) is 5.73 Å². The van der Waals surface area contributed by atoms with Gasteiger partial charge < -0.3 is 5.73 Å². The second-order valence-corrected chi connectivity index (χ2v) is 2.03. The molecule has 0 spiro atoms. The summed E-state index contributed by atoms with van der Waals surface area (Å²) in [4.78, 5) is 14.4. The first-order valence-corrected chi connectivity index (χ1v) is 3.92. The second-order valence-electron chi connectivity index (χ2n) is 2.03. The van der Waals surface area contributed by atoms with Crippen LogP contribution in [-0.2, 0) is 0 Å². The number of rotatable bonds is 1. The van der Waals surface area contributed by atoms with Gasteiger partial charge in [-0.1, -0.05) is 13.8 Å². The van der Waals surface area contributed by atoms with E-state index in [1.54, 1.807) is 12.1 Å². The smallest absolute Gasteiger partial charge is 0.161 e. The third kappa shape index (κ3) is 3.14. The molecule has 0 saturated heterocycles. The van der Waals surface area contributed by atoms with Gasteiger partial charge in [-0.3, -0.25) is 4.79 Å². The Kier molecular flexibility index (Phi) is 4.69. The average Bonchev–Trinajstić information content (AvgIpc) is 2.09. The number of Topliss-reactive ketones (excluding diaryl/α,β-unsaturated/α-hetero) is 1. The molecule has 1 heterocycles. The molecule has 2 N–H and O–H groups in total. The lowest BCUT2D eigenvalue weighted by atomic mass is 10.2. The highest BCUT2D eigenvalue weighted by Crippen LogP contribution is 2.00. The molecule has 0 aliphatic carbocycles. The van der Waals surface area contributed by atoms with Gasteiger partial charge in [-0.2, -0.15) is 0 Å². The van der Waals surface area contributed by atoms with Gasteiger partial charge >= 0.3 is 0 Å². The van der Waals surface area contributed by atoms with Crippen LogP contribution >= 0.6 is 0 Å². The molecular formula is C9H14N2O. The predicted molar refractivity (Wildman–Crippen MR) is 50.0 cm³/mol. The van der Waals surface area contributed by atoms with Crippen LogP contribution in [0.3, 0.4) is 0 Å². The van der Waals surface area contributed by atoms with Crippen molar-refractivity contribution >= 4 is 11.6 Å². The topological polar surface area (TPSA) is 56.0 Å². The Bertz CT molecular complexity index is 241. The summed E-state index contributed by atoms with van der Waals surface area (Å²) >= 11 is 0. The minimum atomic E-state index is 0.00694. The van der Waals surface area contributed by atoms with Crippen LogP contribution in [0.15, 0.2) is 18.3 Å². The number of hydrogen-bond acceptors (Lipinski definition) is 3. The van der Waals surface area contributed by atoms with Crippen molar-refractivity contribution in [1.29, 1.82) is 0 Å². The number of hydrogen-bond donors (Lipinski definition) is 1. The van der Waals surface area contributed by atoms with Crippen molar-refractivity contribution in [3.8, 4) is 0 Å². The zero-order chi connectivity index (χ0) is 9.56. The fourth-order valence-corrected chi connectivity index (χ4v) is 0.614. The van der Waals surface area contributed by atoms with Gasteiger partial charge in [-0.05, 0) is 19.1 Å². The lowest BCUT2D eigenvalue weighted by Gasteiger charge is -1.93. The highest BCUT2D eigenvalue weighted by atomic mass is 16.1. The minimum absolute atomic E-state index is 0.00694. The zero-order valence-electron chi connectivity index (χ0n) is 7.66. The van der Waals surface area contributed by atoms with Crippen molar-refractivity contribution in [2.75, 3.05) is 5.73 Å². The third-order valence-electron chi connectivity index (χ3n) is 1.19. The Morgan fingerprint density at radius 2 is 2.00 bits per heavy atom. The van der Waals surface area contributed by atoms with E-state index < -0.39 is 0 Å². The Hall–Kier alpha value is -1.38. The number of nitrogens with zero attached hydrogens (tertiary/aromatic N) is 1. The number of carbonyl (C=O) groups excluding carboxylic acids is 1. The van der Waals surface area contributed by atoms with E-state index in [9.17, 15) is 4.79 Å². The van der Waals surface area contributed by atoms with E-state index >= 15 is 0 Å². The average molecular weight is 166 g/mol. The molecule has 0 atom stereocenters.